The molecule has 0 spiro atoms. The minimum absolute atomic E-state index is 0.00507. The monoisotopic (exact) mass is 220 g/mol. The molecule has 0 unspecified atom stereocenters. The van der Waals surface area contributed by atoms with E-state index in [1.54, 1.807) is 17.0 Å². The number of hydrogen-bond acceptors (Lipinski definition) is 4. The largest absolute Gasteiger partial charge is 0.363 e. The Hall–Kier alpha value is -1.36. The highest BCUT2D eigenvalue weighted by Crippen LogP contribution is 2.33. The minimum atomic E-state index is 0.00507. The molecule has 1 aromatic heterocycles. The lowest BCUT2D eigenvalue weighted by Gasteiger charge is -2.33. The second-order valence-electron chi connectivity index (χ2n) is 4.79. The molecule has 1 heterocycles. The summed E-state index contributed by atoms with van der Waals surface area (Å²) in [6.45, 7) is 0. The van der Waals surface area contributed by atoms with Gasteiger partial charge in [0.1, 0.15) is 0 Å². The molecular weight excluding hydrogens is 204 g/mol. The van der Waals surface area contributed by atoms with Crippen LogP contribution in [0.25, 0.3) is 0 Å². The molecule has 2 aliphatic carbocycles. The number of hydrogen-bond donors (Lipinski definition) is 2. The zero-order valence-electron chi connectivity index (χ0n) is 9.10. The maximum atomic E-state index is 12.0. The SMILES string of the molecule is NC1CC(Nc2nccn(C3CC3)c2=O)C1. The standard InChI is InChI=1S/C11H16N4O/c12-7-5-8(6-7)14-10-11(16)15(4-3-13-10)9-1-2-9/h3-4,7-9H,1-2,5-6,12H2,(H,13,14). The van der Waals surface area contributed by atoms with E-state index in [4.69, 9.17) is 5.73 Å². The molecule has 2 fully saturated rings. The lowest BCUT2D eigenvalue weighted by atomic mass is 9.88. The van der Waals surface area contributed by atoms with Crippen LogP contribution in [-0.2, 0) is 0 Å². The van der Waals surface area contributed by atoms with Crippen LogP contribution in [0.4, 0.5) is 5.82 Å². The quantitative estimate of drug-likeness (QED) is 0.777. The highest BCUT2D eigenvalue weighted by atomic mass is 16.1. The summed E-state index contributed by atoms with van der Waals surface area (Å²) >= 11 is 0. The van der Waals surface area contributed by atoms with Gasteiger partial charge in [-0.1, -0.05) is 0 Å². The van der Waals surface area contributed by atoms with Crippen LogP contribution in [0, 0.1) is 0 Å². The number of aromatic nitrogens is 2. The molecule has 0 saturated heterocycles. The van der Waals surface area contributed by atoms with Crippen LogP contribution in [-0.4, -0.2) is 21.6 Å². The second kappa shape index (κ2) is 3.59. The smallest absolute Gasteiger partial charge is 0.293 e. The fourth-order valence-electron chi connectivity index (χ4n) is 2.14. The summed E-state index contributed by atoms with van der Waals surface area (Å²) in [4.78, 5) is 16.1. The van der Waals surface area contributed by atoms with Crippen LogP contribution >= 0.6 is 0 Å². The molecule has 3 rings (SSSR count). The third kappa shape index (κ3) is 1.71. The lowest BCUT2D eigenvalue weighted by Crippen LogP contribution is -2.45. The minimum Gasteiger partial charge on any atom is -0.363 e. The Morgan fingerprint density at radius 3 is 2.81 bits per heavy atom. The van der Waals surface area contributed by atoms with E-state index >= 15 is 0 Å². The average Bonchev–Trinajstić information content (AvgIpc) is 3.02. The van der Waals surface area contributed by atoms with E-state index in [9.17, 15) is 4.79 Å². The van der Waals surface area contributed by atoms with Crippen LogP contribution in [0.15, 0.2) is 17.2 Å². The van der Waals surface area contributed by atoms with Gasteiger partial charge >= 0.3 is 0 Å². The summed E-state index contributed by atoms with van der Waals surface area (Å²) in [6, 6.07) is 1.01. The van der Waals surface area contributed by atoms with E-state index in [1.165, 1.54) is 0 Å². The van der Waals surface area contributed by atoms with E-state index in [-0.39, 0.29) is 11.6 Å². The van der Waals surface area contributed by atoms with Crippen molar-refractivity contribution >= 4 is 5.82 Å². The van der Waals surface area contributed by atoms with Gasteiger partial charge in [0, 0.05) is 30.5 Å². The fourth-order valence-corrected chi connectivity index (χ4v) is 2.14. The summed E-state index contributed by atoms with van der Waals surface area (Å²) < 4.78 is 1.79. The highest BCUT2D eigenvalue weighted by molar-refractivity contribution is 5.33. The first-order valence-electron chi connectivity index (χ1n) is 5.83. The molecule has 0 amide bonds. The Labute approximate surface area is 93.7 Å². The van der Waals surface area contributed by atoms with Gasteiger partial charge in [-0.25, -0.2) is 4.98 Å². The maximum absolute atomic E-state index is 12.0. The topological polar surface area (TPSA) is 72.9 Å². The Morgan fingerprint density at radius 2 is 2.19 bits per heavy atom. The molecule has 86 valence electrons. The van der Waals surface area contributed by atoms with Gasteiger partial charge in [0.2, 0.25) is 0 Å². The van der Waals surface area contributed by atoms with Crippen molar-refractivity contribution in [3.8, 4) is 0 Å². The first-order valence-corrected chi connectivity index (χ1v) is 5.83. The van der Waals surface area contributed by atoms with E-state index in [0.29, 0.717) is 17.9 Å². The van der Waals surface area contributed by atoms with E-state index in [2.05, 4.69) is 10.3 Å². The normalized spacial score (nSPS) is 28.6. The Balaban J connectivity index is 1.78. The van der Waals surface area contributed by atoms with Crippen LogP contribution in [0.5, 0.6) is 0 Å². The summed E-state index contributed by atoms with van der Waals surface area (Å²) in [5.74, 6) is 0.478. The Morgan fingerprint density at radius 1 is 1.44 bits per heavy atom. The molecule has 2 aliphatic rings. The van der Waals surface area contributed by atoms with Crippen LogP contribution in [0.1, 0.15) is 31.7 Å². The van der Waals surface area contributed by atoms with Crippen molar-refractivity contribution in [2.24, 2.45) is 5.73 Å². The Bertz CT molecular complexity index is 446. The molecule has 1 aromatic rings. The van der Waals surface area contributed by atoms with Crippen molar-refractivity contribution in [2.45, 2.75) is 43.8 Å². The molecule has 2 saturated carbocycles. The number of anilines is 1. The van der Waals surface area contributed by atoms with Crippen molar-refractivity contribution in [1.82, 2.24) is 9.55 Å². The molecule has 0 atom stereocenters. The predicted molar refractivity (Wildman–Crippen MR) is 61.4 cm³/mol. The van der Waals surface area contributed by atoms with Crippen molar-refractivity contribution in [3.63, 3.8) is 0 Å². The summed E-state index contributed by atoms with van der Waals surface area (Å²) in [5, 5.41) is 3.18. The zero-order valence-corrected chi connectivity index (χ0v) is 9.10. The molecule has 3 N–H and O–H groups in total. The number of rotatable bonds is 3. The van der Waals surface area contributed by atoms with E-state index in [0.717, 1.165) is 25.7 Å². The van der Waals surface area contributed by atoms with Crippen molar-refractivity contribution in [1.29, 1.82) is 0 Å². The number of nitrogens with two attached hydrogens (primary N) is 1. The van der Waals surface area contributed by atoms with Crippen LogP contribution in [0.2, 0.25) is 0 Å². The van der Waals surface area contributed by atoms with Gasteiger partial charge in [0.25, 0.3) is 5.56 Å². The van der Waals surface area contributed by atoms with Gasteiger partial charge < -0.3 is 15.6 Å². The van der Waals surface area contributed by atoms with Gasteiger partial charge in [-0.05, 0) is 25.7 Å². The second-order valence-corrected chi connectivity index (χ2v) is 4.79. The van der Waals surface area contributed by atoms with Gasteiger partial charge in [0.05, 0.1) is 0 Å². The number of nitrogens with one attached hydrogen (secondary N) is 1. The van der Waals surface area contributed by atoms with Crippen molar-refractivity contribution in [3.05, 3.63) is 22.7 Å². The summed E-state index contributed by atoms with van der Waals surface area (Å²) in [6.07, 6.45) is 7.55. The average molecular weight is 220 g/mol. The van der Waals surface area contributed by atoms with Gasteiger partial charge in [-0.3, -0.25) is 4.79 Å². The highest BCUT2D eigenvalue weighted by Gasteiger charge is 2.28. The van der Waals surface area contributed by atoms with Gasteiger partial charge in [-0.15, -0.1) is 0 Å². The first kappa shape index (κ1) is 9.84. The molecule has 5 heteroatoms. The molecule has 0 aromatic carbocycles. The summed E-state index contributed by atoms with van der Waals surface area (Å²) in [7, 11) is 0. The first-order chi connectivity index (χ1) is 7.74. The zero-order chi connectivity index (χ0) is 11.1. The van der Waals surface area contributed by atoms with Crippen LogP contribution in [0.3, 0.4) is 0 Å². The molecular formula is C11H16N4O. The summed E-state index contributed by atoms with van der Waals surface area (Å²) in [5.41, 5.74) is 5.71. The molecule has 5 nitrogen and oxygen atoms in total. The maximum Gasteiger partial charge on any atom is 0.293 e. The number of nitrogens with zero attached hydrogens (tertiary/aromatic N) is 2. The van der Waals surface area contributed by atoms with E-state index < -0.39 is 0 Å². The van der Waals surface area contributed by atoms with Gasteiger partial charge in [0.15, 0.2) is 5.82 Å². The van der Waals surface area contributed by atoms with Crippen LogP contribution < -0.4 is 16.6 Å². The third-order valence-electron chi connectivity index (χ3n) is 3.32. The Kier molecular flexibility index (Phi) is 2.21. The lowest BCUT2D eigenvalue weighted by molar-refractivity contribution is 0.372. The molecule has 0 bridgehead atoms. The van der Waals surface area contributed by atoms with Crippen molar-refractivity contribution < 1.29 is 0 Å². The molecule has 0 aliphatic heterocycles. The predicted octanol–water partition coefficient (Wildman–Crippen LogP) is 0.480. The van der Waals surface area contributed by atoms with Crippen molar-refractivity contribution in [2.75, 3.05) is 5.32 Å². The molecule has 16 heavy (non-hydrogen) atoms. The molecule has 0 radical (unpaired) electrons. The third-order valence-corrected chi connectivity index (χ3v) is 3.32. The van der Waals surface area contributed by atoms with E-state index in [1.807, 2.05) is 0 Å². The fraction of sp³-hybridized carbons (Fsp3) is 0.636. The van der Waals surface area contributed by atoms with Gasteiger partial charge in [-0.2, -0.15) is 0 Å².